The molecule has 0 saturated carbocycles. The molecule has 1 aromatic heterocycles. The number of para-hydroxylation sites is 1. The fraction of sp³-hybridized carbons (Fsp3) is 0.308. The molecule has 1 aliphatic rings. The highest BCUT2D eigenvalue weighted by atomic mass is 32.2. The quantitative estimate of drug-likeness (QED) is 0.871. The van der Waals surface area contributed by atoms with E-state index in [9.17, 15) is 4.79 Å². The molecule has 0 bridgehead atoms. The van der Waals surface area contributed by atoms with Gasteiger partial charge in [-0.3, -0.25) is 9.79 Å². The van der Waals surface area contributed by atoms with E-state index in [1.807, 2.05) is 18.2 Å². The van der Waals surface area contributed by atoms with Crippen molar-refractivity contribution in [3.8, 4) is 0 Å². The van der Waals surface area contributed by atoms with Crippen LogP contribution in [0, 0.1) is 0 Å². The van der Waals surface area contributed by atoms with Gasteiger partial charge >= 0.3 is 0 Å². The van der Waals surface area contributed by atoms with Crippen molar-refractivity contribution < 1.29 is 0 Å². The predicted octanol–water partition coefficient (Wildman–Crippen LogP) is 1.51. The monoisotopic (exact) mass is 274 g/mol. The molecule has 0 saturated heterocycles. The molecule has 3 rings (SSSR count). The summed E-state index contributed by atoms with van der Waals surface area (Å²) < 4.78 is 0. The Kier molecular flexibility index (Phi) is 3.50. The van der Waals surface area contributed by atoms with Crippen LogP contribution < -0.4 is 10.9 Å². The average molecular weight is 274 g/mol. The summed E-state index contributed by atoms with van der Waals surface area (Å²) in [5, 5.41) is 4.80. The van der Waals surface area contributed by atoms with Crippen LogP contribution in [-0.2, 0) is 5.75 Å². The summed E-state index contributed by atoms with van der Waals surface area (Å²) in [6.45, 7) is 1.84. The van der Waals surface area contributed by atoms with Gasteiger partial charge in [-0.2, -0.15) is 0 Å². The molecule has 0 spiro atoms. The first-order valence-electron chi connectivity index (χ1n) is 6.22. The smallest absolute Gasteiger partial charge is 0.258 e. The number of thioether (sulfide) groups is 1. The van der Waals surface area contributed by atoms with Crippen LogP contribution in [0.15, 0.2) is 34.1 Å². The minimum absolute atomic E-state index is 0.0836. The van der Waals surface area contributed by atoms with Crippen molar-refractivity contribution in [1.29, 1.82) is 0 Å². The van der Waals surface area contributed by atoms with E-state index in [4.69, 9.17) is 0 Å². The van der Waals surface area contributed by atoms with Crippen LogP contribution in [0.4, 0.5) is 0 Å². The van der Waals surface area contributed by atoms with E-state index in [-0.39, 0.29) is 5.56 Å². The molecule has 0 unspecified atom stereocenters. The summed E-state index contributed by atoms with van der Waals surface area (Å²) in [5.41, 5.74) is 0.653. The zero-order valence-corrected chi connectivity index (χ0v) is 11.2. The van der Waals surface area contributed by atoms with Crippen molar-refractivity contribution in [1.82, 2.24) is 15.3 Å². The minimum atomic E-state index is -0.0836. The molecule has 2 aromatic rings. The normalized spacial score (nSPS) is 15.1. The van der Waals surface area contributed by atoms with Gasteiger partial charge in [0.15, 0.2) is 5.17 Å². The van der Waals surface area contributed by atoms with Gasteiger partial charge in [-0.25, -0.2) is 4.98 Å². The van der Waals surface area contributed by atoms with Crippen molar-refractivity contribution in [3.63, 3.8) is 0 Å². The van der Waals surface area contributed by atoms with E-state index in [1.165, 1.54) is 0 Å². The molecule has 98 valence electrons. The Hall–Kier alpha value is -1.82. The number of aliphatic imine (C=N–C) groups is 1. The van der Waals surface area contributed by atoms with Crippen molar-refractivity contribution in [2.45, 2.75) is 12.2 Å². The van der Waals surface area contributed by atoms with Gasteiger partial charge in [0.05, 0.1) is 16.7 Å². The number of amidine groups is 1. The predicted molar refractivity (Wildman–Crippen MR) is 78.6 cm³/mol. The summed E-state index contributed by atoms with van der Waals surface area (Å²) in [6.07, 6.45) is 1.08. The van der Waals surface area contributed by atoms with Crippen molar-refractivity contribution in [2.24, 2.45) is 4.99 Å². The van der Waals surface area contributed by atoms with Crippen LogP contribution >= 0.6 is 11.8 Å². The summed E-state index contributed by atoms with van der Waals surface area (Å²) in [6, 6.07) is 7.37. The van der Waals surface area contributed by atoms with Crippen LogP contribution in [0.3, 0.4) is 0 Å². The number of fused-ring (bicyclic) bond motifs is 1. The largest absolute Gasteiger partial charge is 0.365 e. The summed E-state index contributed by atoms with van der Waals surface area (Å²) in [5.74, 6) is 1.30. The number of H-pyrrole nitrogens is 1. The van der Waals surface area contributed by atoms with Crippen LogP contribution in [-0.4, -0.2) is 28.2 Å². The first kappa shape index (κ1) is 12.2. The Morgan fingerprint density at radius 2 is 2.21 bits per heavy atom. The molecule has 1 aromatic carbocycles. The first-order valence-corrected chi connectivity index (χ1v) is 7.20. The zero-order valence-electron chi connectivity index (χ0n) is 10.3. The maximum Gasteiger partial charge on any atom is 0.258 e. The third kappa shape index (κ3) is 2.78. The van der Waals surface area contributed by atoms with Gasteiger partial charge in [0.1, 0.15) is 5.82 Å². The fourth-order valence-corrected chi connectivity index (χ4v) is 2.74. The fourth-order valence-electron chi connectivity index (χ4n) is 1.95. The molecular weight excluding hydrogens is 260 g/mol. The van der Waals surface area contributed by atoms with Crippen LogP contribution in [0.1, 0.15) is 12.2 Å². The average Bonchev–Trinajstić information content (AvgIpc) is 2.46. The van der Waals surface area contributed by atoms with Crippen LogP contribution in [0.2, 0.25) is 0 Å². The van der Waals surface area contributed by atoms with Gasteiger partial charge in [-0.05, 0) is 18.6 Å². The Morgan fingerprint density at radius 3 is 3.05 bits per heavy atom. The van der Waals surface area contributed by atoms with E-state index in [0.717, 1.165) is 30.2 Å². The SMILES string of the molecule is O=c1[nH]c(CSC2=NCCCN2)nc2ccccc12. The Morgan fingerprint density at radius 1 is 1.32 bits per heavy atom. The summed E-state index contributed by atoms with van der Waals surface area (Å²) in [4.78, 5) is 23.6. The molecule has 2 heterocycles. The van der Waals surface area contributed by atoms with Crippen molar-refractivity contribution in [2.75, 3.05) is 13.1 Å². The number of aromatic nitrogens is 2. The van der Waals surface area contributed by atoms with Gasteiger partial charge in [0.25, 0.3) is 5.56 Å². The van der Waals surface area contributed by atoms with Gasteiger partial charge in [0, 0.05) is 13.1 Å². The number of rotatable bonds is 2. The number of hydrogen-bond acceptors (Lipinski definition) is 5. The highest BCUT2D eigenvalue weighted by molar-refractivity contribution is 8.13. The number of aromatic amines is 1. The lowest BCUT2D eigenvalue weighted by Crippen LogP contribution is -2.27. The van der Waals surface area contributed by atoms with Crippen molar-refractivity contribution >= 4 is 27.8 Å². The lowest BCUT2D eigenvalue weighted by molar-refractivity contribution is 0.751. The maximum atomic E-state index is 11.9. The molecule has 1 aliphatic heterocycles. The lowest BCUT2D eigenvalue weighted by atomic mass is 10.2. The van der Waals surface area contributed by atoms with E-state index in [0.29, 0.717) is 17.0 Å². The van der Waals surface area contributed by atoms with E-state index < -0.39 is 0 Å². The topological polar surface area (TPSA) is 70.1 Å². The van der Waals surface area contributed by atoms with E-state index >= 15 is 0 Å². The molecule has 0 radical (unpaired) electrons. The number of nitrogens with one attached hydrogen (secondary N) is 2. The molecule has 0 fully saturated rings. The second kappa shape index (κ2) is 5.44. The zero-order chi connectivity index (χ0) is 13.1. The molecule has 0 amide bonds. The Labute approximate surface area is 114 Å². The van der Waals surface area contributed by atoms with Gasteiger partial charge < -0.3 is 10.3 Å². The second-order valence-corrected chi connectivity index (χ2v) is 5.25. The minimum Gasteiger partial charge on any atom is -0.365 e. The molecule has 5 nitrogen and oxygen atoms in total. The van der Waals surface area contributed by atoms with E-state index in [1.54, 1.807) is 17.8 Å². The van der Waals surface area contributed by atoms with Gasteiger partial charge in [0.2, 0.25) is 0 Å². The third-order valence-corrected chi connectivity index (χ3v) is 3.84. The van der Waals surface area contributed by atoms with Crippen LogP contribution in [0.5, 0.6) is 0 Å². The summed E-state index contributed by atoms with van der Waals surface area (Å²) >= 11 is 1.57. The van der Waals surface area contributed by atoms with Crippen molar-refractivity contribution in [3.05, 3.63) is 40.4 Å². The Balaban J connectivity index is 1.81. The third-order valence-electron chi connectivity index (χ3n) is 2.87. The first-order chi connectivity index (χ1) is 9.33. The maximum absolute atomic E-state index is 11.9. The molecule has 6 heteroatoms. The number of hydrogen-bond donors (Lipinski definition) is 2. The Bertz CT molecular complexity index is 680. The number of nitrogens with zero attached hydrogens (tertiary/aromatic N) is 2. The highest BCUT2D eigenvalue weighted by Gasteiger charge is 2.07. The molecule has 0 aliphatic carbocycles. The molecule has 0 atom stereocenters. The molecular formula is C13H14N4OS. The standard InChI is InChI=1S/C13H14N4OS/c18-12-9-4-1-2-5-10(9)16-11(17-12)8-19-13-14-6-3-7-15-13/h1-2,4-5H,3,6-8H2,(H,14,15)(H,16,17,18). The van der Waals surface area contributed by atoms with Crippen LogP contribution in [0.25, 0.3) is 10.9 Å². The molecule has 2 N–H and O–H groups in total. The lowest BCUT2D eigenvalue weighted by Gasteiger charge is -2.13. The highest BCUT2D eigenvalue weighted by Crippen LogP contribution is 2.13. The second-order valence-electron chi connectivity index (χ2n) is 4.29. The van der Waals surface area contributed by atoms with E-state index in [2.05, 4.69) is 20.3 Å². The summed E-state index contributed by atoms with van der Waals surface area (Å²) in [7, 11) is 0. The number of benzene rings is 1. The van der Waals surface area contributed by atoms with Gasteiger partial charge in [-0.15, -0.1) is 0 Å². The molecule has 19 heavy (non-hydrogen) atoms. The van der Waals surface area contributed by atoms with Gasteiger partial charge in [-0.1, -0.05) is 23.9 Å².